The van der Waals surface area contributed by atoms with Crippen molar-refractivity contribution < 1.29 is 19.1 Å². The molecule has 2 atom stereocenters. The summed E-state index contributed by atoms with van der Waals surface area (Å²) in [5.41, 5.74) is 4.27. The quantitative estimate of drug-likeness (QED) is 0.860. The van der Waals surface area contributed by atoms with E-state index in [0.29, 0.717) is 13.1 Å². The third-order valence-electron chi connectivity index (χ3n) is 3.48. The summed E-state index contributed by atoms with van der Waals surface area (Å²) in [6, 6.07) is 0. The van der Waals surface area contributed by atoms with E-state index < -0.39 is 11.2 Å². The lowest BCUT2D eigenvalue weighted by molar-refractivity contribution is -0.129. The zero-order valence-corrected chi connectivity index (χ0v) is 13.8. The summed E-state index contributed by atoms with van der Waals surface area (Å²) in [7, 11) is 0. The van der Waals surface area contributed by atoms with Gasteiger partial charge in [0.1, 0.15) is 5.60 Å². The van der Waals surface area contributed by atoms with Gasteiger partial charge in [0, 0.05) is 6.54 Å². The minimum Gasteiger partial charge on any atom is -0.444 e. The highest BCUT2D eigenvalue weighted by atomic mass is 16.6. The third kappa shape index (κ3) is 5.91. The molecule has 2 N–H and O–H groups in total. The molecule has 0 aromatic carbocycles. The smallest absolute Gasteiger partial charge is 0.410 e. The molecule has 0 bridgehead atoms. The average Bonchev–Trinajstić information content (AvgIpc) is 2.34. The van der Waals surface area contributed by atoms with Crippen molar-refractivity contribution in [2.75, 3.05) is 19.7 Å². The molecule has 1 aliphatic rings. The van der Waals surface area contributed by atoms with Crippen molar-refractivity contribution in [3.05, 3.63) is 0 Å². The van der Waals surface area contributed by atoms with Crippen molar-refractivity contribution in [2.45, 2.75) is 58.7 Å². The molecule has 0 saturated carbocycles. The van der Waals surface area contributed by atoms with Crippen molar-refractivity contribution in [3.8, 4) is 0 Å². The van der Waals surface area contributed by atoms with Gasteiger partial charge in [-0.25, -0.2) is 4.79 Å². The van der Waals surface area contributed by atoms with Crippen LogP contribution in [0.1, 0.15) is 47.5 Å². The van der Waals surface area contributed by atoms with Crippen LogP contribution in [-0.2, 0) is 14.3 Å². The van der Waals surface area contributed by atoms with Gasteiger partial charge >= 0.3 is 6.09 Å². The van der Waals surface area contributed by atoms with E-state index in [2.05, 4.69) is 0 Å². The van der Waals surface area contributed by atoms with Crippen molar-refractivity contribution in [2.24, 2.45) is 11.7 Å². The van der Waals surface area contributed by atoms with Crippen LogP contribution >= 0.6 is 0 Å². The number of hydrogen-bond donors (Lipinski definition) is 1. The fraction of sp³-hybridized carbons (Fsp3) is 0.867. The number of rotatable bonds is 4. The third-order valence-corrected chi connectivity index (χ3v) is 3.48. The van der Waals surface area contributed by atoms with Gasteiger partial charge in [0.2, 0.25) is 5.91 Å². The molecule has 1 rings (SSSR count). The fourth-order valence-corrected chi connectivity index (χ4v) is 2.21. The molecule has 6 nitrogen and oxygen atoms in total. The van der Waals surface area contributed by atoms with Crippen LogP contribution in [0.3, 0.4) is 0 Å². The van der Waals surface area contributed by atoms with Crippen LogP contribution in [-0.4, -0.2) is 47.8 Å². The Kier molecular flexibility index (Phi) is 5.61. The molecule has 0 spiro atoms. The highest BCUT2D eigenvalue weighted by Gasteiger charge is 2.36. The maximum absolute atomic E-state index is 12.1. The molecule has 1 aliphatic heterocycles. The molecular weight excluding hydrogens is 272 g/mol. The van der Waals surface area contributed by atoms with E-state index in [-0.39, 0.29) is 24.5 Å². The van der Waals surface area contributed by atoms with Gasteiger partial charge in [0.05, 0.1) is 24.7 Å². The van der Waals surface area contributed by atoms with E-state index in [9.17, 15) is 9.59 Å². The lowest BCUT2D eigenvalue weighted by atomic mass is 9.94. The number of primary amides is 1. The number of ether oxygens (including phenoxy) is 2. The van der Waals surface area contributed by atoms with E-state index in [1.54, 1.807) is 11.8 Å². The summed E-state index contributed by atoms with van der Waals surface area (Å²) >= 11 is 0. The molecule has 2 amide bonds. The van der Waals surface area contributed by atoms with Crippen molar-refractivity contribution >= 4 is 12.0 Å². The van der Waals surface area contributed by atoms with Gasteiger partial charge in [-0.2, -0.15) is 0 Å². The average molecular weight is 300 g/mol. The topological polar surface area (TPSA) is 81.9 Å². The molecular formula is C15H28N2O4. The second-order valence-corrected chi connectivity index (χ2v) is 7.07. The van der Waals surface area contributed by atoms with Gasteiger partial charge < -0.3 is 20.1 Å². The Bertz CT molecular complexity index is 392. The van der Waals surface area contributed by atoms with E-state index in [1.807, 2.05) is 27.7 Å². The number of carbonyl (C=O) groups excluding carboxylic acids is 2. The molecule has 0 radical (unpaired) electrons. The summed E-state index contributed by atoms with van der Waals surface area (Å²) < 4.78 is 11.2. The molecule has 2 unspecified atom stereocenters. The number of carbonyl (C=O) groups is 2. The number of amides is 2. The number of nitrogens with zero attached hydrogens (tertiary/aromatic N) is 1. The van der Waals surface area contributed by atoms with E-state index in [1.165, 1.54) is 0 Å². The lowest BCUT2D eigenvalue weighted by Crippen LogP contribution is -2.51. The van der Waals surface area contributed by atoms with Gasteiger partial charge in [-0.05, 0) is 40.5 Å². The Hall–Kier alpha value is -1.30. The molecule has 1 heterocycles. The van der Waals surface area contributed by atoms with Crippen molar-refractivity contribution in [1.29, 1.82) is 0 Å². The van der Waals surface area contributed by atoms with E-state index in [0.717, 1.165) is 12.8 Å². The highest BCUT2D eigenvalue weighted by molar-refractivity contribution is 5.76. The molecule has 0 aromatic rings. The predicted molar refractivity (Wildman–Crippen MR) is 79.8 cm³/mol. The van der Waals surface area contributed by atoms with Crippen LogP contribution < -0.4 is 5.73 Å². The Morgan fingerprint density at radius 3 is 2.52 bits per heavy atom. The second kappa shape index (κ2) is 6.64. The maximum atomic E-state index is 12.1. The standard InChI is InChI=1S/C15H28N2O4/c1-11(12(16)18)9-20-15(5)7-6-8-17(10-15)13(19)21-14(2,3)4/h11H,6-10H2,1-5H3,(H2,16,18). The number of likely N-dealkylation sites (tertiary alicyclic amines) is 1. The Morgan fingerprint density at radius 2 is 2.00 bits per heavy atom. The summed E-state index contributed by atoms with van der Waals surface area (Å²) in [4.78, 5) is 24.9. The summed E-state index contributed by atoms with van der Waals surface area (Å²) in [5, 5.41) is 0. The van der Waals surface area contributed by atoms with Crippen LogP contribution in [0.15, 0.2) is 0 Å². The molecule has 1 saturated heterocycles. The number of nitrogens with two attached hydrogens (primary N) is 1. The van der Waals surface area contributed by atoms with Crippen LogP contribution in [0.4, 0.5) is 4.79 Å². The molecule has 21 heavy (non-hydrogen) atoms. The summed E-state index contributed by atoms with van der Waals surface area (Å²) in [5.74, 6) is -0.711. The van der Waals surface area contributed by atoms with Crippen LogP contribution in [0, 0.1) is 5.92 Å². The first kappa shape index (κ1) is 17.8. The largest absolute Gasteiger partial charge is 0.444 e. The molecule has 0 aliphatic carbocycles. The van der Waals surface area contributed by atoms with Gasteiger partial charge in [0.25, 0.3) is 0 Å². The van der Waals surface area contributed by atoms with Gasteiger partial charge in [-0.15, -0.1) is 0 Å². The monoisotopic (exact) mass is 300 g/mol. The highest BCUT2D eigenvalue weighted by Crippen LogP contribution is 2.26. The molecule has 0 aromatic heterocycles. The van der Waals surface area contributed by atoms with E-state index >= 15 is 0 Å². The maximum Gasteiger partial charge on any atom is 0.410 e. The van der Waals surface area contributed by atoms with Crippen molar-refractivity contribution in [1.82, 2.24) is 4.90 Å². The summed E-state index contributed by atoms with van der Waals surface area (Å²) in [6.07, 6.45) is 1.37. The predicted octanol–water partition coefficient (Wildman–Crippen LogP) is 1.91. The van der Waals surface area contributed by atoms with E-state index in [4.69, 9.17) is 15.2 Å². The normalized spacial score (nSPS) is 24.5. The Balaban J connectivity index is 2.57. The van der Waals surface area contributed by atoms with Gasteiger partial charge in [0.15, 0.2) is 0 Å². The minimum absolute atomic E-state index is 0.272. The zero-order valence-electron chi connectivity index (χ0n) is 13.8. The molecule has 6 heteroatoms. The minimum atomic E-state index is -0.508. The fourth-order valence-electron chi connectivity index (χ4n) is 2.21. The Morgan fingerprint density at radius 1 is 1.38 bits per heavy atom. The number of piperidine rings is 1. The molecule has 1 fully saturated rings. The first-order valence-electron chi connectivity index (χ1n) is 7.44. The first-order valence-corrected chi connectivity index (χ1v) is 7.44. The SMILES string of the molecule is CC(COC1(C)CCCN(C(=O)OC(C)(C)C)C1)C(N)=O. The van der Waals surface area contributed by atoms with Crippen LogP contribution in [0.5, 0.6) is 0 Å². The molecule has 122 valence electrons. The van der Waals surface area contributed by atoms with Gasteiger partial charge in [-0.1, -0.05) is 6.92 Å². The summed E-state index contributed by atoms with van der Waals surface area (Å²) in [6.45, 7) is 10.6. The van der Waals surface area contributed by atoms with Crippen molar-refractivity contribution in [3.63, 3.8) is 0 Å². The zero-order chi connectivity index (χ0) is 16.3. The van der Waals surface area contributed by atoms with Crippen LogP contribution in [0.25, 0.3) is 0 Å². The lowest BCUT2D eigenvalue weighted by Gasteiger charge is -2.40. The van der Waals surface area contributed by atoms with Gasteiger partial charge in [-0.3, -0.25) is 4.79 Å². The first-order chi connectivity index (χ1) is 9.52. The number of hydrogen-bond acceptors (Lipinski definition) is 4. The van der Waals surface area contributed by atoms with Crippen LogP contribution in [0.2, 0.25) is 0 Å². The second-order valence-electron chi connectivity index (χ2n) is 7.07. The Labute approximate surface area is 126 Å².